The van der Waals surface area contributed by atoms with Gasteiger partial charge in [-0.05, 0) is 36.8 Å². The van der Waals surface area contributed by atoms with E-state index in [4.69, 9.17) is 14.2 Å². The highest BCUT2D eigenvalue weighted by atomic mass is 32.2. The molecule has 4 rings (SSSR count). The molecule has 0 unspecified atom stereocenters. The van der Waals surface area contributed by atoms with Gasteiger partial charge in [-0.15, -0.1) is 11.8 Å². The van der Waals surface area contributed by atoms with Gasteiger partial charge < -0.3 is 24.8 Å². The summed E-state index contributed by atoms with van der Waals surface area (Å²) < 4.78 is 16.2. The first-order valence-corrected chi connectivity index (χ1v) is 10.1. The maximum absolute atomic E-state index is 12.8. The highest BCUT2D eigenvalue weighted by Crippen LogP contribution is 2.37. The SMILES string of the molecule is CC1=C(C(=O)OCCSc2ccccc2)[C@H](c2ccc3c(c2)OCO3)NC(=O)N1. The second-order valence-electron chi connectivity index (χ2n) is 6.48. The Balaban J connectivity index is 1.46. The van der Waals surface area contributed by atoms with E-state index in [9.17, 15) is 9.59 Å². The third kappa shape index (κ3) is 4.32. The van der Waals surface area contributed by atoms with E-state index in [1.807, 2.05) is 30.3 Å². The van der Waals surface area contributed by atoms with Crippen molar-refractivity contribution in [2.45, 2.75) is 17.9 Å². The normalized spacial score (nSPS) is 17.6. The van der Waals surface area contributed by atoms with Gasteiger partial charge in [-0.1, -0.05) is 24.3 Å². The maximum Gasteiger partial charge on any atom is 0.338 e. The van der Waals surface area contributed by atoms with Crippen molar-refractivity contribution in [2.75, 3.05) is 19.2 Å². The van der Waals surface area contributed by atoms with E-state index in [2.05, 4.69) is 10.6 Å². The summed E-state index contributed by atoms with van der Waals surface area (Å²) in [6.07, 6.45) is 0. The Labute approximate surface area is 172 Å². The van der Waals surface area contributed by atoms with Crippen molar-refractivity contribution in [3.8, 4) is 11.5 Å². The Morgan fingerprint density at radius 1 is 1.17 bits per heavy atom. The first-order valence-electron chi connectivity index (χ1n) is 9.14. The third-order valence-corrected chi connectivity index (χ3v) is 5.52. The fourth-order valence-electron chi connectivity index (χ4n) is 3.20. The molecular formula is C21H20N2O5S. The lowest BCUT2D eigenvalue weighted by Gasteiger charge is -2.28. The molecule has 0 radical (unpaired) electrons. The Morgan fingerprint density at radius 2 is 1.97 bits per heavy atom. The van der Waals surface area contributed by atoms with Crippen molar-refractivity contribution in [3.05, 3.63) is 65.4 Å². The minimum atomic E-state index is -0.632. The van der Waals surface area contributed by atoms with Crippen LogP contribution in [-0.4, -0.2) is 31.2 Å². The van der Waals surface area contributed by atoms with Gasteiger partial charge in [-0.2, -0.15) is 0 Å². The van der Waals surface area contributed by atoms with Gasteiger partial charge >= 0.3 is 12.0 Å². The number of nitrogens with one attached hydrogen (secondary N) is 2. The third-order valence-electron chi connectivity index (χ3n) is 4.55. The number of thioether (sulfide) groups is 1. The van der Waals surface area contributed by atoms with Crippen molar-refractivity contribution in [1.82, 2.24) is 10.6 Å². The fourth-order valence-corrected chi connectivity index (χ4v) is 3.95. The molecule has 8 heteroatoms. The molecule has 0 saturated carbocycles. The molecule has 0 aliphatic carbocycles. The quantitative estimate of drug-likeness (QED) is 0.430. The van der Waals surface area contributed by atoms with Crippen molar-refractivity contribution in [1.29, 1.82) is 0 Å². The summed E-state index contributed by atoms with van der Waals surface area (Å²) in [6, 6.07) is 14.2. The van der Waals surface area contributed by atoms with Crippen molar-refractivity contribution >= 4 is 23.8 Å². The molecule has 2 amide bonds. The number of carbonyl (C=O) groups is 2. The highest BCUT2D eigenvalue weighted by molar-refractivity contribution is 7.99. The van der Waals surface area contributed by atoms with Crippen LogP contribution in [0.5, 0.6) is 11.5 Å². The van der Waals surface area contributed by atoms with Crippen molar-refractivity contribution in [2.24, 2.45) is 0 Å². The first-order chi connectivity index (χ1) is 14.1. The molecule has 2 aromatic rings. The van der Waals surface area contributed by atoms with E-state index in [1.165, 1.54) is 0 Å². The predicted octanol–water partition coefficient (Wildman–Crippen LogP) is 3.38. The second kappa shape index (κ2) is 8.48. The summed E-state index contributed by atoms with van der Waals surface area (Å²) >= 11 is 1.61. The number of carbonyl (C=O) groups excluding carboxylic acids is 2. The molecule has 2 aliphatic heterocycles. The number of hydrogen-bond donors (Lipinski definition) is 2. The number of ether oxygens (including phenoxy) is 3. The van der Waals surface area contributed by atoms with Gasteiger partial charge in [0.1, 0.15) is 6.61 Å². The Hall–Kier alpha value is -3.13. The lowest BCUT2D eigenvalue weighted by atomic mass is 9.95. The molecule has 0 spiro atoms. The number of allylic oxidation sites excluding steroid dienone is 1. The first kappa shape index (κ1) is 19.2. The zero-order valence-electron chi connectivity index (χ0n) is 15.8. The van der Waals surface area contributed by atoms with E-state index >= 15 is 0 Å². The average Bonchev–Trinajstić information content (AvgIpc) is 3.19. The molecule has 0 bridgehead atoms. The molecule has 2 N–H and O–H groups in total. The zero-order chi connectivity index (χ0) is 20.2. The number of esters is 1. The molecular weight excluding hydrogens is 392 g/mol. The second-order valence-corrected chi connectivity index (χ2v) is 7.65. The summed E-state index contributed by atoms with van der Waals surface area (Å²) in [5, 5.41) is 5.44. The van der Waals surface area contributed by atoms with E-state index in [1.54, 1.807) is 36.9 Å². The number of urea groups is 1. The molecule has 0 aromatic heterocycles. The number of amides is 2. The van der Waals surface area contributed by atoms with E-state index in [-0.39, 0.29) is 19.4 Å². The van der Waals surface area contributed by atoms with E-state index in [0.29, 0.717) is 34.1 Å². The molecule has 150 valence electrons. The number of fused-ring (bicyclic) bond motifs is 1. The highest BCUT2D eigenvalue weighted by Gasteiger charge is 2.33. The van der Waals surface area contributed by atoms with Crippen LogP contribution in [0.4, 0.5) is 4.79 Å². The lowest BCUT2D eigenvalue weighted by molar-refractivity contribution is -0.138. The minimum Gasteiger partial charge on any atom is -0.461 e. The topological polar surface area (TPSA) is 85.9 Å². The molecule has 0 fully saturated rings. The molecule has 1 atom stereocenters. The predicted molar refractivity (Wildman–Crippen MR) is 108 cm³/mol. The Morgan fingerprint density at radius 3 is 2.79 bits per heavy atom. The summed E-state index contributed by atoms with van der Waals surface area (Å²) in [5.41, 5.74) is 1.55. The van der Waals surface area contributed by atoms with Crippen LogP contribution >= 0.6 is 11.8 Å². The van der Waals surface area contributed by atoms with Crippen LogP contribution in [0.15, 0.2) is 64.7 Å². The lowest BCUT2D eigenvalue weighted by Crippen LogP contribution is -2.45. The van der Waals surface area contributed by atoms with Crippen LogP contribution in [0.25, 0.3) is 0 Å². The molecule has 2 heterocycles. The van der Waals surface area contributed by atoms with E-state index in [0.717, 1.165) is 4.90 Å². The van der Waals surface area contributed by atoms with Crippen molar-refractivity contribution in [3.63, 3.8) is 0 Å². The summed E-state index contributed by atoms with van der Waals surface area (Å²) in [4.78, 5) is 25.9. The summed E-state index contributed by atoms with van der Waals surface area (Å²) in [7, 11) is 0. The fraction of sp³-hybridized carbons (Fsp3) is 0.238. The molecule has 7 nitrogen and oxygen atoms in total. The molecule has 2 aliphatic rings. The smallest absolute Gasteiger partial charge is 0.338 e. The van der Waals surface area contributed by atoms with Gasteiger partial charge in [0, 0.05) is 16.3 Å². The standard InChI is InChI=1S/C21H20N2O5S/c1-13-18(20(24)26-9-10-29-15-5-3-2-4-6-15)19(23-21(25)22-13)14-7-8-16-17(11-14)28-12-27-16/h2-8,11,19H,9-10,12H2,1H3,(H2,22,23,25)/t19-/m0/s1. The van der Waals surface area contributed by atoms with Crippen LogP contribution in [0.2, 0.25) is 0 Å². The number of hydrogen-bond acceptors (Lipinski definition) is 6. The Kier molecular flexibility index (Phi) is 5.62. The summed E-state index contributed by atoms with van der Waals surface area (Å²) in [6.45, 7) is 2.10. The van der Waals surface area contributed by atoms with Crippen LogP contribution in [-0.2, 0) is 9.53 Å². The Bertz CT molecular complexity index is 961. The molecule has 29 heavy (non-hydrogen) atoms. The van der Waals surface area contributed by atoms with E-state index < -0.39 is 12.0 Å². The molecule has 2 aromatic carbocycles. The van der Waals surface area contributed by atoms with Crippen LogP contribution < -0.4 is 20.1 Å². The van der Waals surface area contributed by atoms with Crippen LogP contribution in [0.1, 0.15) is 18.5 Å². The van der Waals surface area contributed by atoms with Crippen LogP contribution in [0.3, 0.4) is 0 Å². The van der Waals surface area contributed by atoms with Crippen LogP contribution in [0, 0.1) is 0 Å². The van der Waals surface area contributed by atoms with Crippen molar-refractivity contribution < 1.29 is 23.8 Å². The zero-order valence-corrected chi connectivity index (χ0v) is 16.6. The number of benzene rings is 2. The monoisotopic (exact) mass is 412 g/mol. The van der Waals surface area contributed by atoms with Gasteiger partial charge in [0.2, 0.25) is 6.79 Å². The average molecular weight is 412 g/mol. The largest absolute Gasteiger partial charge is 0.461 e. The van der Waals surface area contributed by atoms with Gasteiger partial charge in [0.05, 0.1) is 11.6 Å². The summed E-state index contributed by atoms with van der Waals surface area (Å²) in [5.74, 6) is 1.39. The van der Waals surface area contributed by atoms with Gasteiger partial charge in [-0.25, -0.2) is 9.59 Å². The van der Waals surface area contributed by atoms with Gasteiger partial charge in [0.15, 0.2) is 11.5 Å². The number of rotatable bonds is 6. The maximum atomic E-state index is 12.8. The molecule has 0 saturated heterocycles. The minimum absolute atomic E-state index is 0.153. The van der Waals surface area contributed by atoms with Gasteiger partial charge in [0.25, 0.3) is 0 Å². The van der Waals surface area contributed by atoms with Gasteiger partial charge in [-0.3, -0.25) is 0 Å².